The molecule has 0 saturated carbocycles. The van der Waals surface area contributed by atoms with Crippen LogP contribution in [0, 0.1) is 5.41 Å². The average Bonchev–Trinajstić information content (AvgIpc) is 2.29. The Morgan fingerprint density at radius 3 is 2.71 bits per heavy atom. The highest BCUT2D eigenvalue weighted by atomic mass is 79.9. The molecule has 0 aliphatic heterocycles. The maximum absolute atomic E-state index is 7.42. The van der Waals surface area contributed by atoms with Crippen molar-refractivity contribution in [2.45, 2.75) is 6.92 Å². The van der Waals surface area contributed by atoms with E-state index in [9.17, 15) is 0 Å². The fourth-order valence-corrected chi connectivity index (χ4v) is 2.17. The van der Waals surface area contributed by atoms with E-state index in [1.165, 1.54) is 0 Å². The summed E-state index contributed by atoms with van der Waals surface area (Å²) in [5, 5.41) is 7.42. The van der Waals surface area contributed by atoms with Crippen molar-refractivity contribution in [3.05, 3.63) is 28.2 Å². The van der Waals surface area contributed by atoms with Crippen LogP contribution < -0.4 is 10.6 Å². The zero-order valence-electron chi connectivity index (χ0n) is 10.2. The lowest BCUT2D eigenvalue weighted by molar-refractivity contribution is 0.205. The van der Waals surface area contributed by atoms with E-state index in [0.717, 1.165) is 28.8 Å². The minimum Gasteiger partial charge on any atom is -0.384 e. The minimum atomic E-state index is 0.0726. The van der Waals surface area contributed by atoms with E-state index in [-0.39, 0.29) is 5.84 Å². The molecule has 0 spiro atoms. The Hall–Kier alpha value is -1.07. The summed E-state index contributed by atoms with van der Waals surface area (Å²) in [5.41, 5.74) is 7.29. The number of ether oxygens (including phenoxy) is 1. The predicted molar refractivity (Wildman–Crippen MR) is 74.9 cm³/mol. The van der Waals surface area contributed by atoms with E-state index >= 15 is 0 Å². The van der Waals surface area contributed by atoms with Crippen molar-refractivity contribution in [1.82, 2.24) is 0 Å². The molecule has 1 aromatic carbocycles. The molecule has 4 nitrogen and oxygen atoms in total. The molecule has 5 heteroatoms. The molecule has 0 atom stereocenters. The van der Waals surface area contributed by atoms with E-state index in [1.54, 1.807) is 7.11 Å². The maximum atomic E-state index is 7.42. The number of amidine groups is 1. The van der Waals surface area contributed by atoms with Crippen LogP contribution >= 0.6 is 15.9 Å². The largest absolute Gasteiger partial charge is 0.384 e. The minimum absolute atomic E-state index is 0.0726. The van der Waals surface area contributed by atoms with E-state index in [2.05, 4.69) is 27.8 Å². The van der Waals surface area contributed by atoms with Crippen LogP contribution in [0.2, 0.25) is 0 Å². The number of nitrogens with zero attached hydrogens (tertiary/aromatic N) is 1. The standard InChI is InChI=1S/C12H18BrN3O/c1-3-16(6-7-17-2)9-4-5-10(12(14)15)11(13)8-9/h4-5,8H,3,6-7H2,1-2H3,(H3,14,15). The molecule has 0 saturated heterocycles. The number of nitrogens with two attached hydrogens (primary N) is 1. The van der Waals surface area contributed by atoms with Gasteiger partial charge in [-0.1, -0.05) is 0 Å². The van der Waals surface area contributed by atoms with E-state index in [0.29, 0.717) is 6.61 Å². The summed E-state index contributed by atoms with van der Waals surface area (Å²) >= 11 is 3.43. The van der Waals surface area contributed by atoms with E-state index in [1.807, 2.05) is 18.2 Å². The second-order valence-corrected chi connectivity index (χ2v) is 4.50. The maximum Gasteiger partial charge on any atom is 0.123 e. The highest BCUT2D eigenvalue weighted by molar-refractivity contribution is 9.10. The first-order valence-electron chi connectivity index (χ1n) is 5.48. The normalized spacial score (nSPS) is 10.3. The van der Waals surface area contributed by atoms with Crippen LogP contribution in [-0.2, 0) is 4.74 Å². The number of hydrogen-bond donors (Lipinski definition) is 2. The zero-order valence-corrected chi connectivity index (χ0v) is 11.8. The van der Waals surface area contributed by atoms with Gasteiger partial charge in [-0.2, -0.15) is 0 Å². The molecule has 3 N–H and O–H groups in total. The molecule has 0 fully saturated rings. The lowest BCUT2D eigenvalue weighted by Gasteiger charge is -2.23. The number of rotatable bonds is 6. The van der Waals surface area contributed by atoms with Crippen LogP contribution in [0.15, 0.2) is 22.7 Å². The quantitative estimate of drug-likeness (QED) is 0.625. The topological polar surface area (TPSA) is 62.3 Å². The highest BCUT2D eigenvalue weighted by Gasteiger charge is 2.08. The molecule has 0 aliphatic carbocycles. The molecule has 17 heavy (non-hydrogen) atoms. The molecular weight excluding hydrogens is 282 g/mol. The Kier molecular flexibility index (Phi) is 5.44. The first-order valence-corrected chi connectivity index (χ1v) is 6.27. The first-order chi connectivity index (χ1) is 8.10. The van der Waals surface area contributed by atoms with Crippen LogP contribution in [0.5, 0.6) is 0 Å². The van der Waals surface area contributed by atoms with Crippen molar-refractivity contribution in [2.24, 2.45) is 5.73 Å². The SMILES string of the molecule is CCN(CCOC)c1ccc(C(=N)N)c(Br)c1. The van der Waals surface area contributed by atoms with Gasteiger partial charge in [0.25, 0.3) is 0 Å². The van der Waals surface area contributed by atoms with Gasteiger partial charge in [0.05, 0.1) is 6.61 Å². The highest BCUT2D eigenvalue weighted by Crippen LogP contribution is 2.23. The van der Waals surface area contributed by atoms with Crippen molar-refractivity contribution in [3.63, 3.8) is 0 Å². The van der Waals surface area contributed by atoms with Gasteiger partial charge in [0.15, 0.2) is 0 Å². The van der Waals surface area contributed by atoms with Crippen LogP contribution in [-0.4, -0.2) is 32.6 Å². The molecule has 0 bridgehead atoms. The van der Waals surface area contributed by atoms with Crippen molar-refractivity contribution in [3.8, 4) is 0 Å². The van der Waals surface area contributed by atoms with Gasteiger partial charge >= 0.3 is 0 Å². The molecule has 0 aliphatic rings. The predicted octanol–water partition coefficient (Wildman–Crippen LogP) is 2.21. The Morgan fingerprint density at radius 2 is 2.24 bits per heavy atom. The van der Waals surface area contributed by atoms with Crippen molar-refractivity contribution in [2.75, 3.05) is 31.7 Å². The van der Waals surface area contributed by atoms with Crippen LogP contribution in [0.3, 0.4) is 0 Å². The number of methoxy groups -OCH3 is 1. The fourth-order valence-electron chi connectivity index (χ4n) is 1.59. The Bertz CT molecular complexity index is 395. The van der Waals surface area contributed by atoms with E-state index in [4.69, 9.17) is 15.9 Å². The summed E-state index contributed by atoms with van der Waals surface area (Å²) in [6.07, 6.45) is 0. The molecular formula is C12H18BrN3O. The molecule has 1 rings (SSSR count). The number of hydrogen-bond acceptors (Lipinski definition) is 3. The van der Waals surface area contributed by atoms with Crippen molar-refractivity contribution in [1.29, 1.82) is 5.41 Å². The van der Waals surface area contributed by atoms with Crippen molar-refractivity contribution < 1.29 is 4.74 Å². The molecule has 0 unspecified atom stereocenters. The third-order valence-electron chi connectivity index (χ3n) is 2.56. The summed E-state index contributed by atoms with van der Waals surface area (Å²) in [7, 11) is 1.70. The lowest BCUT2D eigenvalue weighted by atomic mass is 10.2. The number of nitrogen functional groups attached to an aromatic ring is 1. The van der Waals surface area contributed by atoms with Crippen LogP contribution in [0.1, 0.15) is 12.5 Å². The summed E-state index contributed by atoms with van der Waals surface area (Å²) in [4.78, 5) is 2.21. The summed E-state index contributed by atoms with van der Waals surface area (Å²) in [5.74, 6) is 0.0726. The number of likely N-dealkylation sites (N-methyl/N-ethyl adjacent to an activating group) is 1. The molecule has 0 heterocycles. The number of nitrogens with one attached hydrogen (secondary N) is 1. The Morgan fingerprint density at radius 1 is 1.53 bits per heavy atom. The van der Waals surface area contributed by atoms with Crippen LogP contribution in [0.25, 0.3) is 0 Å². The Labute approximate surface area is 110 Å². The van der Waals surface area contributed by atoms with Crippen LogP contribution in [0.4, 0.5) is 5.69 Å². The summed E-state index contributed by atoms with van der Waals surface area (Å²) in [6, 6.07) is 5.81. The third kappa shape index (κ3) is 3.71. The monoisotopic (exact) mass is 299 g/mol. The zero-order chi connectivity index (χ0) is 12.8. The molecule has 0 aromatic heterocycles. The summed E-state index contributed by atoms with van der Waals surface area (Å²) in [6.45, 7) is 4.55. The molecule has 0 amide bonds. The van der Waals surface area contributed by atoms with Gasteiger partial charge in [0.1, 0.15) is 5.84 Å². The average molecular weight is 300 g/mol. The molecule has 1 aromatic rings. The summed E-state index contributed by atoms with van der Waals surface area (Å²) < 4.78 is 5.93. The second-order valence-electron chi connectivity index (χ2n) is 3.65. The fraction of sp³-hybridized carbons (Fsp3) is 0.417. The number of anilines is 1. The van der Waals surface area contributed by atoms with Gasteiger partial charge in [0, 0.05) is 35.9 Å². The second kappa shape index (κ2) is 6.61. The van der Waals surface area contributed by atoms with Crippen molar-refractivity contribution >= 4 is 27.5 Å². The first kappa shape index (κ1) is 14.0. The number of halogens is 1. The lowest BCUT2D eigenvalue weighted by Crippen LogP contribution is -2.27. The van der Waals surface area contributed by atoms with Gasteiger partial charge in [-0.05, 0) is 41.1 Å². The van der Waals surface area contributed by atoms with Gasteiger partial charge in [-0.3, -0.25) is 5.41 Å². The van der Waals surface area contributed by atoms with Gasteiger partial charge in [-0.15, -0.1) is 0 Å². The smallest absolute Gasteiger partial charge is 0.123 e. The van der Waals surface area contributed by atoms with E-state index < -0.39 is 0 Å². The third-order valence-corrected chi connectivity index (χ3v) is 3.21. The Balaban J connectivity index is 2.90. The number of benzene rings is 1. The van der Waals surface area contributed by atoms with Gasteiger partial charge in [-0.25, -0.2) is 0 Å². The van der Waals surface area contributed by atoms with Gasteiger partial charge in [0.2, 0.25) is 0 Å². The van der Waals surface area contributed by atoms with Gasteiger partial charge < -0.3 is 15.4 Å². The molecule has 0 radical (unpaired) electrons. The molecule has 94 valence electrons.